The molecule has 104 valence electrons. The van der Waals surface area contributed by atoms with E-state index < -0.39 is 0 Å². The number of rotatable bonds is 3. The van der Waals surface area contributed by atoms with Crippen LogP contribution < -0.4 is 4.90 Å². The van der Waals surface area contributed by atoms with E-state index in [0.717, 1.165) is 19.5 Å². The van der Waals surface area contributed by atoms with Gasteiger partial charge in [0.25, 0.3) is 0 Å². The third-order valence-corrected chi connectivity index (χ3v) is 5.18. The van der Waals surface area contributed by atoms with E-state index in [2.05, 4.69) is 36.6 Å². The Balaban J connectivity index is 2.17. The highest BCUT2D eigenvalue weighted by atomic mass is 16.3. The van der Waals surface area contributed by atoms with Gasteiger partial charge in [0.05, 0.1) is 6.17 Å². The Morgan fingerprint density at radius 2 is 2.05 bits per heavy atom. The van der Waals surface area contributed by atoms with Gasteiger partial charge < -0.3 is 10.0 Å². The van der Waals surface area contributed by atoms with Crippen molar-refractivity contribution in [2.45, 2.75) is 45.2 Å². The average molecular weight is 260 g/mol. The molecule has 3 rings (SSSR count). The van der Waals surface area contributed by atoms with Gasteiger partial charge in [0.2, 0.25) is 0 Å². The number of hydrogen-bond acceptors (Lipinski definition) is 3. The van der Waals surface area contributed by atoms with Crippen molar-refractivity contribution < 1.29 is 5.11 Å². The Bertz CT molecular complexity index is 488. The molecule has 0 spiro atoms. The van der Waals surface area contributed by atoms with E-state index in [9.17, 15) is 5.11 Å². The minimum absolute atomic E-state index is 0.208. The molecule has 3 heteroatoms. The zero-order valence-corrected chi connectivity index (χ0v) is 12.2. The molecule has 1 fully saturated rings. The lowest BCUT2D eigenvalue weighted by Crippen LogP contribution is -2.49. The van der Waals surface area contributed by atoms with Gasteiger partial charge in [0.15, 0.2) is 0 Å². The average Bonchev–Trinajstić information content (AvgIpc) is 2.92. The molecule has 0 radical (unpaired) electrons. The van der Waals surface area contributed by atoms with Crippen LogP contribution in [0, 0.1) is 0 Å². The molecule has 2 unspecified atom stereocenters. The highest BCUT2D eigenvalue weighted by Crippen LogP contribution is 2.54. The summed E-state index contributed by atoms with van der Waals surface area (Å²) in [7, 11) is 0. The summed E-state index contributed by atoms with van der Waals surface area (Å²) >= 11 is 0. The molecule has 1 saturated heterocycles. The van der Waals surface area contributed by atoms with Crippen molar-refractivity contribution >= 4 is 5.69 Å². The topological polar surface area (TPSA) is 26.7 Å². The lowest BCUT2D eigenvalue weighted by Gasteiger charge is -2.37. The monoisotopic (exact) mass is 260 g/mol. The molecule has 0 bridgehead atoms. The number of fused-ring (bicyclic) bond motifs is 3. The Kier molecular flexibility index (Phi) is 2.97. The Hall–Kier alpha value is -1.22. The van der Waals surface area contributed by atoms with Crippen LogP contribution in [0.1, 0.15) is 39.2 Å². The number of hydrogen-bond donors (Lipinski definition) is 1. The molecule has 2 heterocycles. The maximum absolute atomic E-state index is 9.88. The minimum Gasteiger partial charge on any atom is -0.508 e. The molecule has 1 aromatic rings. The Morgan fingerprint density at radius 3 is 2.68 bits per heavy atom. The fraction of sp³-hybridized carbons (Fsp3) is 0.625. The summed E-state index contributed by atoms with van der Waals surface area (Å²) in [6, 6.07) is 5.92. The highest BCUT2D eigenvalue weighted by Gasteiger charge is 2.55. The molecule has 19 heavy (non-hydrogen) atoms. The molecule has 1 aromatic carbocycles. The number of phenols is 1. The Labute approximate surface area is 115 Å². The van der Waals surface area contributed by atoms with Gasteiger partial charge >= 0.3 is 0 Å². The van der Waals surface area contributed by atoms with Crippen molar-refractivity contribution in [2.24, 2.45) is 0 Å². The quantitative estimate of drug-likeness (QED) is 0.905. The summed E-state index contributed by atoms with van der Waals surface area (Å²) in [4.78, 5) is 5.11. The second-order valence-corrected chi connectivity index (χ2v) is 5.75. The van der Waals surface area contributed by atoms with Crippen LogP contribution in [0.15, 0.2) is 18.2 Å². The van der Waals surface area contributed by atoms with E-state index in [1.54, 1.807) is 0 Å². The second-order valence-electron chi connectivity index (χ2n) is 5.75. The lowest BCUT2D eigenvalue weighted by atomic mass is 9.77. The predicted molar refractivity (Wildman–Crippen MR) is 78.7 cm³/mol. The van der Waals surface area contributed by atoms with Crippen molar-refractivity contribution in [1.82, 2.24) is 4.90 Å². The van der Waals surface area contributed by atoms with Gasteiger partial charge in [0, 0.05) is 24.2 Å². The third kappa shape index (κ3) is 1.54. The maximum atomic E-state index is 9.88. The van der Waals surface area contributed by atoms with E-state index in [0.29, 0.717) is 11.9 Å². The number of anilines is 1. The van der Waals surface area contributed by atoms with Gasteiger partial charge in [-0.3, -0.25) is 4.90 Å². The summed E-state index contributed by atoms with van der Waals surface area (Å²) in [5.41, 5.74) is 2.89. The lowest BCUT2D eigenvalue weighted by molar-refractivity contribution is 0.217. The first-order chi connectivity index (χ1) is 9.17. The summed E-state index contributed by atoms with van der Waals surface area (Å²) in [5.74, 6) is 0.401. The number of likely N-dealkylation sites (N-methyl/N-ethyl adjacent to an activating group) is 2. The number of nitrogens with zero attached hydrogens (tertiary/aromatic N) is 2. The number of benzene rings is 1. The Morgan fingerprint density at radius 1 is 1.26 bits per heavy atom. The van der Waals surface area contributed by atoms with Gasteiger partial charge in [0.1, 0.15) is 5.75 Å². The molecule has 2 atom stereocenters. The van der Waals surface area contributed by atoms with Crippen molar-refractivity contribution in [3.05, 3.63) is 23.8 Å². The summed E-state index contributed by atoms with van der Waals surface area (Å²) in [6.07, 6.45) is 2.82. The van der Waals surface area contributed by atoms with E-state index in [1.165, 1.54) is 24.2 Å². The van der Waals surface area contributed by atoms with Crippen LogP contribution in [-0.4, -0.2) is 35.8 Å². The first-order valence-corrected chi connectivity index (χ1v) is 7.52. The predicted octanol–water partition coefficient (Wildman–Crippen LogP) is 2.93. The first kappa shape index (κ1) is 12.8. The van der Waals surface area contributed by atoms with E-state index in [4.69, 9.17) is 0 Å². The highest BCUT2D eigenvalue weighted by molar-refractivity contribution is 5.66. The van der Waals surface area contributed by atoms with Crippen molar-refractivity contribution in [2.75, 3.05) is 24.5 Å². The molecular formula is C16H24N2O. The smallest absolute Gasteiger partial charge is 0.116 e. The van der Waals surface area contributed by atoms with Crippen molar-refractivity contribution in [1.29, 1.82) is 0 Å². The molecule has 1 N–H and O–H groups in total. The molecule has 2 aliphatic heterocycles. The van der Waals surface area contributed by atoms with E-state index in [1.807, 2.05) is 12.1 Å². The summed E-state index contributed by atoms with van der Waals surface area (Å²) in [5, 5.41) is 9.88. The largest absolute Gasteiger partial charge is 0.508 e. The normalized spacial score (nSPS) is 29.6. The molecule has 0 aliphatic carbocycles. The SMILES string of the molecule is CCN1CCC2(CC)c3cc(O)ccc3N(CC)C12. The maximum Gasteiger partial charge on any atom is 0.116 e. The van der Waals surface area contributed by atoms with Crippen LogP contribution in [0.25, 0.3) is 0 Å². The number of phenolic OH excluding ortho intramolecular Hbond substituents is 1. The van der Waals surface area contributed by atoms with Crippen LogP contribution in [0.4, 0.5) is 5.69 Å². The number of aromatic hydroxyl groups is 1. The van der Waals surface area contributed by atoms with Gasteiger partial charge in [-0.25, -0.2) is 0 Å². The standard InChI is InChI=1S/C16H24N2O/c1-4-16-9-10-17(5-2)15(16)18(6-3)14-8-7-12(19)11-13(14)16/h7-8,11,15,19H,4-6,9-10H2,1-3H3. The van der Waals surface area contributed by atoms with Gasteiger partial charge in [-0.2, -0.15) is 0 Å². The van der Waals surface area contributed by atoms with E-state index >= 15 is 0 Å². The zero-order chi connectivity index (χ0) is 13.6. The van der Waals surface area contributed by atoms with Crippen LogP contribution >= 0.6 is 0 Å². The summed E-state index contributed by atoms with van der Waals surface area (Å²) < 4.78 is 0. The van der Waals surface area contributed by atoms with Crippen molar-refractivity contribution in [3.63, 3.8) is 0 Å². The molecular weight excluding hydrogens is 236 g/mol. The second kappa shape index (κ2) is 4.41. The van der Waals surface area contributed by atoms with Gasteiger partial charge in [-0.15, -0.1) is 0 Å². The third-order valence-electron chi connectivity index (χ3n) is 5.18. The van der Waals surface area contributed by atoms with Gasteiger partial charge in [-0.05, 0) is 50.1 Å². The van der Waals surface area contributed by atoms with Crippen LogP contribution in [-0.2, 0) is 5.41 Å². The fourth-order valence-electron chi connectivity index (χ4n) is 4.24. The molecule has 3 nitrogen and oxygen atoms in total. The van der Waals surface area contributed by atoms with Crippen molar-refractivity contribution in [3.8, 4) is 5.75 Å². The number of likely N-dealkylation sites (tertiary alicyclic amines) is 1. The zero-order valence-electron chi connectivity index (χ0n) is 12.2. The molecule has 0 aromatic heterocycles. The van der Waals surface area contributed by atoms with Crippen LogP contribution in [0.5, 0.6) is 5.75 Å². The van der Waals surface area contributed by atoms with E-state index in [-0.39, 0.29) is 5.41 Å². The first-order valence-electron chi connectivity index (χ1n) is 7.52. The molecule has 2 aliphatic rings. The van der Waals surface area contributed by atoms with Gasteiger partial charge in [-0.1, -0.05) is 13.8 Å². The minimum atomic E-state index is 0.208. The fourth-order valence-corrected chi connectivity index (χ4v) is 4.24. The molecule has 0 saturated carbocycles. The summed E-state index contributed by atoms with van der Waals surface area (Å²) in [6.45, 7) is 10.1. The van der Waals surface area contributed by atoms with Crippen LogP contribution in [0.3, 0.4) is 0 Å². The van der Waals surface area contributed by atoms with Crippen LogP contribution in [0.2, 0.25) is 0 Å². The molecule has 0 amide bonds.